The quantitative estimate of drug-likeness (QED) is 0.226. The standard InChI is InChI=1S/C3H10N4O4S2/c1-2-3(12(8,9)6-4)13(10,11)7-5/h2-3,6-7H,1,4-5H2. The zero-order chi connectivity index (χ0) is 10.7. The number of rotatable bonds is 5. The maximum absolute atomic E-state index is 11.0. The van der Waals surface area contributed by atoms with Gasteiger partial charge in [-0.1, -0.05) is 6.08 Å². The number of nitrogens with two attached hydrogens (primary N) is 2. The van der Waals surface area contributed by atoms with Crippen LogP contribution in [0.1, 0.15) is 0 Å². The Kier molecular flexibility index (Phi) is 3.96. The summed E-state index contributed by atoms with van der Waals surface area (Å²) in [6, 6.07) is 0. The van der Waals surface area contributed by atoms with Gasteiger partial charge in [0.1, 0.15) is 0 Å². The molecule has 78 valence electrons. The van der Waals surface area contributed by atoms with E-state index in [0.29, 0.717) is 6.08 Å². The van der Waals surface area contributed by atoms with E-state index in [0.717, 1.165) is 0 Å². The van der Waals surface area contributed by atoms with Crippen LogP contribution in [0.15, 0.2) is 12.7 Å². The normalized spacial score (nSPS) is 13.2. The summed E-state index contributed by atoms with van der Waals surface area (Å²) in [6.07, 6.45) is 0.685. The minimum Gasteiger partial charge on any atom is -0.258 e. The first-order valence-corrected chi connectivity index (χ1v) is 5.96. The zero-order valence-electron chi connectivity index (χ0n) is 6.47. The Labute approximate surface area is 76.0 Å². The third kappa shape index (κ3) is 2.72. The summed E-state index contributed by atoms with van der Waals surface area (Å²) < 4.78 is 41.9. The molecule has 10 heteroatoms. The van der Waals surface area contributed by atoms with Crippen LogP contribution in [-0.4, -0.2) is 21.4 Å². The van der Waals surface area contributed by atoms with Crippen LogP contribution in [0.3, 0.4) is 0 Å². The Morgan fingerprint density at radius 3 is 1.54 bits per heavy atom. The van der Waals surface area contributed by atoms with Crippen molar-refractivity contribution in [3.63, 3.8) is 0 Å². The van der Waals surface area contributed by atoms with Crippen LogP contribution in [-0.2, 0) is 20.0 Å². The first-order chi connectivity index (χ1) is 5.81. The highest BCUT2D eigenvalue weighted by Gasteiger charge is 2.33. The fourth-order valence-corrected chi connectivity index (χ4v) is 3.00. The molecule has 8 nitrogen and oxygen atoms in total. The summed E-state index contributed by atoms with van der Waals surface area (Å²) in [5.74, 6) is 9.23. The molecule has 0 unspecified atom stereocenters. The van der Waals surface area contributed by atoms with Crippen molar-refractivity contribution in [3.05, 3.63) is 12.7 Å². The van der Waals surface area contributed by atoms with Crippen molar-refractivity contribution in [2.75, 3.05) is 0 Å². The van der Waals surface area contributed by atoms with Crippen molar-refractivity contribution in [2.24, 2.45) is 11.7 Å². The third-order valence-corrected chi connectivity index (χ3v) is 4.92. The number of hydrogen-bond donors (Lipinski definition) is 4. The van der Waals surface area contributed by atoms with Gasteiger partial charge in [-0.15, -0.1) is 6.58 Å². The van der Waals surface area contributed by atoms with Gasteiger partial charge in [0.2, 0.25) is 24.6 Å². The van der Waals surface area contributed by atoms with Gasteiger partial charge in [0, 0.05) is 0 Å². The van der Waals surface area contributed by atoms with E-state index in [1.54, 1.807) is 0 Å². The maximum atomic E-state index is 11.0. The zero-order valence-corrected chi connectivity index (χ0v) is 8.10. The van der Waals surface area contributed by atoms with Gasteiger partial charge in [-0.2, -0.15) is 9.66 Å². The van der Waals surface area contributed by atoms with Crippen molar-refractivity contribution >= 4 is 20.0 Å². The minimum atomic E-state index is -4.20. The summed E-state index contributed by atoms with van der Waals surface area (Å²) in [7, 11) is -8.40. The predicted octanol–water partition coefficient (Wildman–Crippen LogP) is -2.92. The van der Waals surface area contributed by atoms with E-state index in [2.05, 4.69) is 18.3 Å². The van der Waals surface area contributed by atoms with Crippen LogP contribution >= 0.6 is 0 Å². The lowest BCUT2D eigenvalue weighted by molar-refractivity contribution is 0.568. The van der Waals surface area contributed by atoms with Crippen molar-refractivity contribution in [1.82, 2.24) is 9.66 Å². The highest BCUT2D eigenvalue weighted by Crippen LogP contribution is 2.05. The molecule has 0 spiro atoms. The Bertz CT molecular complexity index is 336. The molecule has 0 aliphatic heterocycles. The fourth-order valence-electron chi connectivity index (χ4n) is 0.554. The lowest BCUT2D eigenvalue weighted by atomic mass is 10.8. The van der Waals surface area contributed by atoms with Crippen molar-refractivity contribution in [3.8, 4) is 0 Å². The highest BCUT2D eigenvalue weighted by atomic mass is 32.3. The van der Waals surface area contributed by atoms with E-state index in [1.165, 1.54) is 9.66 Å². The van der Waals surface area contributed by atoms with E-state index >= 15 is 0 Å². The van der Waals surface area contributed by atoms with Gasteiger partial charge in [-0.25, -0.2) is 16.8 Å². The molecule has 13 heavy (non-hydrogen) atoms. The molecule has 0 aromatic rings. The molecule has 0 radical (unpaired) electrons. The van der Waals surface area contributed by atoms with Gasteiger partial charge in [0.05, 0.1) is 0 Å². The molecular formula is C3H10N4O4S2. The molecule has 0 rings (SSSR count). The second-order valence-corrected chi connectivity index (χ2v) is 5.90. The van der Waals surface area contributed by atoms with E-state index in [-0.39, 0.29) is 0 Å². The molecule has 0 heterocycles. The molecule has 0 aliphatic carbocycles. The second-order valence-electron chi connectivity index (χ2n) is 1.93. The third-order valence-electron chi connectivity index (χ3n) is 1.13. The molecule has 0 aromatic carbocycles. The first kappa shape index (κ1) is 12.5. The van der Waals surface area contributed by atoms with Gasteiger partial charge < -0.3 is 0 Å². The Balaban J connectivity index is 5.30. The van der Waals surface area contributed by atoms with Crippen LogP contribution < -0.4 is 21.3 Å². The largest absolute Gasteiger partial charge is 0.258 e. The summed E-state index contributed by atoms with van der Waals surface area (Å²) in [5, 5.41) is 0. The molecule has 0 atom stereocenters. The molecule has 0 aromatic heterocycles. The van der Waals surface area contributed by atoms with Crippen LogP contribution in [0.2, 0.25) is 0 Å². The minimum absolute atomic E-state index is 0.685. The second kappa shape index (κ2) is 4.13. The van der Waals surface area contributed by atoms with Crippen molar-refractivity contribution in [2.45, 2.75) is 4.58 Å². The highest BCUT2D eigenvalue weighted by molar-refractivity contribution is 8.07. The van der Waals surface area contributed by atoms with Crippen LogP contribution in [0.25, 0.3) is 0 Å². The van der Waals surface area contributed by atoms with Gasteiger partial charge in [-0.05, 0) is 0 Å². The molecule has 0 bridgehead atoms. The molecule has 0 aliphatic rings. The average Bonchev–Trinajstić information content (AvgIpc) is 2.05. The maximum Gasteiger partial charge on any atom is 0.246 e. The van der Waals surface area contributed by atoms with Crippen molar-refractivity contribution in [1.29, 1.82) is 0 Å². The average molecular weight is 230 g/mol. The number of hydrogen-bond acceptors (Lipinski definition) is 6. The van der Waals surface area contributed by atoms with E-state index in [4.69, 9.17) is 0 Å². The molecular weight excluding hydrogens is 220 g/mol. The Hall–Kier alpha value is -0.520. The van der Waals surface area contributed by atoms with Crippen LogP contribution in [0, 0.1) is 0 Å². The van der Waals surface area contributed by atoms with Crippen LogP contribution in [0.4, 0.5) is 0 Å². The Morgan fingerprint density at radius 1 is 1.08 bits per heavy atom. The molecule has 0 saturated heterocycles. The van der Waals surface area contributed by atoms with Crippen LogP contribution in [0.5, 0.6) is 0 Å². The summed E-state index contributed by atoms with van der Waals surface area (Å²) >= 11 is 0. The van der Waals surface area contributed by atoms with E-state index in [9.17, 15) is 16.8 Å². The number of hydrazine groups is 2. The SMILES string of the molecule is C=CC(S(=O)(=O)NN)S(=O)(=O)NN. The number of nitrogens with one attached hydrogen (secondary N) is 2. The van der Waals surface area contributed by atoms with Gasteiger partial charge in [0.15, 0.2) is 0 Å². The lowest BCUT2D eigenvalue weighted by Crippen LogP contribution is -2.47. The molecule has 0 amide bonds. The summed E-state index contributed by atoms with van der Waals surface area (Å²) in [4.78, 5) is 2.72. The number of sulfonamides is 2. The Morgan fingerprint density at radius 2 is 1.38 bits per heavy atom. The van der Waals surface area contributed by atoms with E-state index in [1.807, 2.05) is 0 Å². The first-order valence-electron chi connectivity index (χ1n) is 2.87. The smallest absolute Gasteiger partial charge is 0.246 e. The molecule has 0 fully saturated rings. The van der Waals surface area contributed by atoms with Gasteiger partial charge >= 0.3 is 0 Å². The predicted molar refractivity (Wildman–Crippen MR) is 46.5 cm³/mol. The fraction of sp³-hybridized carbons (Fsp3) is 0.333. The van der Waals surface area contributed by atoms with Gasteiger partial charge in [0.25, 0.3) is 0 Å². The van der Waals surface area contributed by atoms with Crippen molar-refractivity contribution < 1.29 is 16.8 Å². The van der Waals surface area contributed by atoms with Gasteiger partial charge in [-0.3, -0.25) is 11.7 Å². The lowest BCUT2D eigenvalue weighted by Gasteiger charge is -2.11. The summed E-state index contributed by atoms with van der Waals surface area (Å²) in [5.41, 5.74) is 0. The van der Waals surface area contributed by atoms with E-state index < -0.39 is 24.6 Å². The monoisotopic (exact) mass is 230 g/mol. The molecule has 6 N–H and O–H groups in total. The summed E-state index contributed by atoms with van der Waals surface area (Å²) in [6.45, 7) is 3.04. The topological polar surface area (TPSA) is 144 Å². The molecule has 0 saturated carbocycles.